The number of allylic oxidation sites excluding steroid dienone is 1. The Hall–Kier alpha value is -2.83. The second kappa shape index (κ2) is 6.35. The van der Waals surface area contributed by atoms with Gasteiger partial charge in [-0.15, -0.1) is 0 Å². The molecule has 3 aromatic rings. The van der Waals surface area contributed by atoms with Gasteiger partial charge >= 0.3 is 0 Å². The maximum absolute atomic E-state index is 12.7. The Morgan fingerprint density at radius 3 is 2.58 bits per heavy atom. The fourth-order valence-electron chi connectivity index (χ4n) is 2.43. The van der Waals surface area contributed by atoms with E-state index in [-0.39, 0.29) is 5.43 Å². The van der Waals surface area contributed by atoms with Crippen molar-refractivity contribution in [3.63, 3.8) is 0 Å². The van der Waals surface area contributed by atoms with Gasteiger partial charge in [0.25, 0.3) is 0 Å². The number of fused-ring (bicyclic) bond motifs is 1. The molecule has 0 saturated heterocycles. The molecular weight excluding hydrogens is 322 g/mol. The number of benzene rings is 2. The molecule has 1 heterocycles. The fourth-order valence-corrected chi connectivity index (χ4v) is 2.60. The third-order valence-corrected chi connectivity index (χ3v) is 4.27. The third-order valence-electron chi connectivity index (χ3n) is 3.86. The predicted octanol–water partition coefficient (Wildman–Crippen LogP) is 5.13. The summed E-state index contributed by atoms with van der Waals surface area (Å²) in [6.45, 7) is 3.82. The van der Waals surface area contributed by atoms with E-state index in [1.807, 2.05) is 38.1 Å². The van der Waals surface area contributed by atoms with Crippen LogP contribution in [0.5, 0.6) is 0 Å². The van der Waals surface area contributed by atoms with E-state index in [1.54, 1.807) is 18.2 Å². The predicted molar refractivity (Wildman–Crippen MR) is 96.9 cm³/mol. The number of nitrogens with zero attached hydrogens (tertiary/aromatic N) is 1. The average molecular weight is 336 g/mol. The molecule has 0 aliphatic heterocycles. The first kappa shape index (κ1) is 16.0. The molecule has 0 atom stereocenters. The van der Waals surface area contributed by atoms with E-state index < -0.39 is 0 Å². The smallest absolute Gasteiger partial charge is 0.199 e. The minimum atomic E-state index is -0.210. The van der Waals surface area contributed by atoms with Gasteiger partial charge in [-0.25, -0.2) is 0 Å². The fraction of sp³-hybridized carbons (Fsp3) is 0.100. The average Bonchev–Trinajstić information content (AvgIpc) is 2.57. The summed E-state index contributed by atoms with van der Waals surface area (Å²) in [5.74, 6) is 0. The van der Waals surface area contributed by atoms with E-state index in [2.05, 4.69) is 6.07 Å². The summed E-state index contributed by atoms with van der Waals surface area (Å²) in [7, 11) is 0. The Bertz CT molecular complexity index is 1050. The maximum atomic E-state index is 12.7. The van der Waals surface area contributed by atoms with Gasteiger partial charge in [0.2, 0.25) is 0 Å². The van der Waals surface area contributed by atoms with Crippen molar-refractivity contribution >= 4 is 34.2 Å². The van der Waals surface area contributed by atoms with Gasteiger partial charge in [0.05, 0.1) is 22.6 Å². The lowest BCUT2D eigenvalue weighted by Crippen LogP contribution is -2.05. The zero-order chi connectivity index (χ0) is 17.3. The molecule has 0 bridgehead atoms. The molecule has 0 radical (unpaired) electrons. The lowest BCUT2D eigenvalue weighted by molar-refractivity contribution is 0.601. The van der Waals surface area contributed by atoms with Crippen molar-refractivity contribution in [3.8, 4) is 6.07 Å². The van der Waals surface area contributed by atoms with Crippen LogP contribution in [0.15, 0.2) is 51.9 Å². The van der Waals surface area contributed by atoms with Crippen molar-refractivity contribution < 1.29 is 4.42 Å². The van der Waals surface area contributed by atoms with Crippen LogP contribution < -0.4 is 5.43 Å². The molecule has 0 amide bonds. The number of nitriles is 1. The SMILES string of the molecule is Cc1ccc(C(C#N)=Cc2coc3cc(C)c(Cl)cc3c2=O)cc1. The number of hydrogen-bond acceptors (Lipinski definition) is 3. The third kappa shape index (κ3) is 2.97. The number of hydrogen-bond donors (Lipinski definition) is 0. The second-order valence-electron chi connectivity index (χ2n) is 5.65. The van der Waals surface area contributed by atoms with Gasteiger partial charge in [0.1, 0.15) is 11.8 Å². The lowest BCUT2D eigenvalue weighted by Gasteiger charge is -2.03. The summed E-state index contributed by atoms with van der Waals surface area (Å²) in [6.07, 6.45) is 2.92. The first-order chi connectivity index (χ1) is 11.5. The molecule has 0 aliphatic carbocycles. The van der Waals surface area contributed by atoms with Crippen LogP contribution in [-0.4, -0.2) is 0 Å². The van der Waals surface area contributed by atoms with E-state index in [0.29, 0.717) is 27.1 Å². The van der Waals surface area contributed by atoms with Crippen LogP contribution in [-0.2, 0) is 0 Å². The standard InChI is InChI=1S/C20H14ClNO2/c1-12-3-5-14(6-4-12)15(10-22)8-16-11-24-19-7-13(2)18(21)9-17(19)20(16)23/h3-9,11H,1-2H3. The van der Waals surface area contributed by atoms with Crippen molar-refractivity contribution in [2.75, 3.05) is 0 Å². The van der Waals surface area contributed by atoms with Gasteiger partial charge in [-0.3, -0.25) is 4.79 Å². The highest BCUT2D eigenvalue weighted by Gasteiger charge is 2.10. The van der Waals surface area contributed by atoms with Gasteiger partial charge in [0, 0.05) is 5.02 Å². The van der Waals surface area contributed by atoms with E-state index in [9.17, 15) is 10.1 Å². The minimum absolute atomic E-state index is 0.210. The number of halogens is 1. The van der Waals surface area contributed by atoms with Crippen molar-refractivity contribution in [3.05, 3.63) is 80.2 Å². The molecule has 0 aliphatic rings. The van der Waals surface area contributed by atoms with Crippen LogP contribution in [0.4, 0.5) is 0 Å². The molecule has 4 heteroatoms. The molecule has 0 saturated carbocycles. The van der Waals surface area contributed by atoms with Crippen LogP contribution in [0.2, 0.25) is 5.02 Å². The molecule has 3 rings (SSSR count). The Morgan fingerprint density at radius 1 is 1.21 bits per heavy atom. The van der Waals surface area contributed by atoms with Gasteiger partial charge in [-0.1, -0.05) is 41.4 Å². The number of aryl methyl sites for hydroxylation is 2. The summed E-state index contributed by atoms with van der Waals surface area (Å²) >= 11 is 6.11. The summed E-state index contributed by atoms with van der Waals surface area (Å²) in [6, 6.07) is 13.0. The first-order valence-corrected chi connectivity index (χ1v) is 7.78. The van der Waals surface area contributed by atoms with Crippen LogP contribution in [0.25, 0.3) is 22.6 Å². The van der Waals surface area contributed by atoms with Crippen LogP contribution in [0, 0.1) is 25.2 Å². The molecule has 3 nitrogen and oxygen atoms in total. The molecule has 118 valence electrons. The van der Waals surface area contributed by atoms with Gasteiger partial charge in [-0.2, -0.15) is 5.26 Å². The van der Waals surface area contributed by atoms with Crippen LogP contribution in [0.3, 0.4) is 0 Å². The maximum Gasteiger partial charge on any atom is 0.199 e. The Kier molecular flexibility index (Phi) is 4.24. The second-order valence-corrected chi connectivity index (χ2v) is 6.06. The van der Waals surface area contributed by atoms with Crippen molar-refractivity contribution in [1.82, 2.24) is 0 Å². The molecule has 0 fully saturated rings. The van der Waals surface area contributed by atoms with Crippen molar-refractivity contribution in [2.24, 2.45) is 0 Å². The molecule has 2 aromatic carbocycles. The van der Waals surface area contributed by atoms with Crippen LogP contribution in [0.1, 0.15) is 22.3 Å². The summed E-state index contributed by atoms with van der Waals surface area (Å²) < 4.78 is 5.55. The Morgan fingerprint density at radius 2 is 1.92 bits per heavy atom. The van der Waals surface area contributed by atoms with Gasteiger partial charge in [-0.05, 0) is 43.2 Å². The first-order valence-electron chi connectivity index (χ1n) is 7.40. The van der Waals surface area contributed by atoms with E-state index in [0.717, 1.165) is 16.7 Å². The quantitative estimate of drug-likeness (QED) is 0.610. The summed E-state index contributed by atoms with van der Waals surface area (Å²) in [5, 5.41) is 10.3. The number of rotatable bonds is 2. The van der Waals surface area contributed by atoms with Crippen molar-refractivity contribution in [2.45, 2.75) is 13.8 Å². The topological polar surface area (TPSA) is 54.0 Å². The van der Waals surface area contributed by atoms with E-state index in [4.69, 9.17) is 16.0 Å². The minimum Gasteiger partial charge on any atom is -0.463 e. The lowest BCUT2D eigenvalue weighted by atomic mass is 10.0. The van der Waals surface area contributed by atoms with Crippen LogP contribution >= 0.6 is 11.6 Å². The molecule has 24 heavy (non-hydrogen) atoms. The summed E-state index contributed by atoms with van der Waals surface area (Å²) in [5.41, 5.74) is 3.69. The zero-order valence-corrected chi connectivity index (χ0v) is 14.0. The highest BCUT2D eigenvalue weighted by molar-refractivity contribution is 6.32. The summed E-state index contributed by atoms with van der Waals surface area (Å²) in [4.78, 5) is 12.7. The highest BCUT2D eigenvalue weighted by Crippen LogP contribution is 2.23. The van der Waals surface area contributed by atoms with E-state index in [1.165, 1.54) is 6.26 Å². The molecule has 1 aromatic heterocycles. The molecule has 0 unspecified atom stereocenters. The van der Waals surface area contributed by atoms with Gasteiger partial charge < -0.3 is 4.42 Å². The molecular formula is C20H14ClNO2. The van der Waals surface area contributed by atoms with Gasteiger partial charge in [0.15, 0.2) is 5.43 Å². The molecule has 0 spiro atoms. The Labute approximate surface area is 144 Å². The normalized spacial score (nSPS) is 11.5. The zero-order valence-electron chi connectivity index (χ0n) is 13.3. The highest BCUT2D eigenvalue weighted by atomic mass is 35.5. The van der Waals surface area contributed by atoms with E-state index >= 15 is 0 Å². The molecule has 0 N–H and O–H groups in total. The van der Waals surface area contributed by atoms with Crippen molar-refractivity contribution in [1.29, 1.82) is 5.26 Å². The monoisotopic (exact) mass is 335 g/mol. The Balaban J connectivity index is 2.16. The largest absolute Gasteiger partial charge is 0.463 e.